The second kappa shape index (κ2) is 5.58. The van der Waals surface area contributed by atoms with Gasteiger partial charge in [0.2, 0.25) is 5.95 Å². The molecule has 100 valence electrons. The minimum Gasteiger partial charge on any atom is -0.473 e. The summed E-state index contributed by atoms with van der Waals surface area (Å²) >= 11 is 0. The van der Waals surface area contributed by atoms with Crippen molar-refractivity contribution >= 4 is 11.6 Å². The van der Waals surface area contributed by atoms with Crippen LogP contribution in [0.3, 0.4) is 0 Å². The van der Waals surface area contributed by atoms with E-state index in [-0.39, 0.29) is 29.7 Å². The van der Waals surface area contributed by atoms with Gasteiger partial charge in [-0.2, -0.15) is 4.98 Å². The summed E-state index contributed by atoms with van der Waals surface area (Å²) in [5.41, 5.74) is 4.69. The van der Waals surface area contributed by atoms with Crippen LogP contribution >= 0.6 is 0 Å². The quantitative estimate of drug-likeness (QED) is 0.600. The third kappa shape index (κ3) is 3.81. The lowest BCUT2D eigenvalue weighted by Crippen LogP contribution is -2.25. The van der Waals surface area contributed by atoms with Crippen molar-refractivity contribution in [2.45, 2.75) is 25.9 Å². The Morgan fingerprint density at radius 1 is 1.56 bits per heavy atom. The van der Waals surface area contributed by atoms with Crippen molar-refractivity contribution in [3.63, 3.8) is 0 Å². The van der Waals surface area contributed by atoms with E-state index in [2.05, 4.69) is 9.97 Å². The number of nitrogens with zero attached hydrogens (tertiary/aromatic N) is 3. The summed E-state index contributed by atoms with van der Waals surface area (Å²) in [5, 5.41) is 10.7. The molecule has 2 N–H and O–H groups in total. The zero-order chi connectivity index (χ0) is 13.8. The third-order valence-electron chi connectivity index (χ3n) is 2.45. The van der Waals surface area contributed by atoms with Crippen LogP contribution in [-0.2, 0) is 4.74 Å². The Balaban J connectivity index is 2.72. The molecule has 8 nitrogen and oxygen atoms in total. The maximum absolute atomic E-state index is 10.7. The zero-order valence-corrected chi connectivity index (χ0v) is 10.5. The number of nitro groups is 1. The Bertz CT molecular complexity index is 436. The number of hydrogen-bond donors (Lipinski definition) is 1. The summed E-state index contributed by atoms with van der Waals surface area (Å²) < 4.78 is 10.5. The molecule has 1 heterocycles. The van der Waals surface area contributed by atoms with Gasteiger partial charge >= 0.3 is 5.69 Å². The molecular formula is C10H16N4O4. The number of anilines is 1. The van der Waals surface area contributed by atoms with Crippen LogP contribution in [0.25, 0.3) is 0 Å². The topological polar surface area (TPSA) is 113 Å². The molecule has 18 heavy (non-hydrogen) atoms. The van der Waals surface area contributed by atoms with Crippen molar-refractivity contribution in [1.82, 2.24) is 9.97 Å². The van der Waals surface area contributed by atoms with Gasteiger partial charge in [-0.05, 0) is 13.8 Å². The molecule has 0 aliphatic carbocycles. The van der Waals surface area contributed by atoms with Crippen molar-refractivity contribution in [3.8, 4) is 5.88 Å². The maximum atomic E-state index is 10.7. The van der Waals surface area contributed by atoms with E-state index in [0.29, 0.717) is 6.42 Å². The van der Waals surface area contributed by atoms with Crippen molar-refractivity contribution in [2.24, 2.45) is 0 Å². The second-order valence-corrected chi connectivity index (χ2v) is 4.24. The number of aromatic nitrogens is 2. The molecule has 0 aliphatic heterocycles. The summed E-state index contributed by atoms with van der Waals surface area (Å²) in [5.74, 6) is -0.194. The first kappa shape index (κ1) is 14.1. The molecule has 0 radical (unpaired) electrons. The Morgan fingerprint density at radius 2 is 2.22 bits per heavy atom. The number of nitrogen functional groups attached to an aromatic ring is 1. The molecule has 0 saturated carbocycles. The molecule has 0 aliphatic rings. The van der Waals surface area contributed by atoms with Crippen LogP contribution in [0.2, 0.25) is 0 Å². The van der Waals surface area contributed by atoms with E-state index < -0.39 is 4.92 Å². The average molecular weight is 256 g/mol. The largest absolute Gasteiger partial charge is 0.473 e. The highest BCUT2D eigenvalue weighted by molar-refractivity contribution is 5.41. The molecule has 0 bridgehead atoms. The first-order chi connectivity index (χ1) is 8.35. The van der Waals surface area contributed by atoms with E-state index in [1.165, 1.54) is 0 Å². The van der Waals surface area contributed by atoms with E-state index in [0.717, 1.165) is 6.20 Å². The Labute approximate surface area is 104 Å². The van der Waals surface area contributed by atoms with Gasteiger partial charge in [0, 0.05) is 13.5 Å². The molecule has 1 aromatic heterocycles. The molecule has 8 heteroatoms. The van der Waals surface area contributed by atoms with Crippen molar-refractivity contribution < 1.29 is 14.4 Å². The van der Waals surface area contributed by atoms with Crippen LogP contribution in [0.5, 0.6) is 5.88 Å². The molecule has 0 aromatic carbocycles. The molecule has 0 amide bonds. The Kier molecular flexibility index (Phi) is 4.38. The Hall–Kier alpha value is -1.96. The van der Waals surface area contributed by atoms with Crippen LogP contribution in [0.15, 0.2) is 6.20 Å². The predicted molar refractivity (Wildman–Crippen MR) is 64.3 cm³/mol. The molecule has 0 unspecified atom stereocenters. The lowest BCUT2D eigenvalue weighted by atomic mass is 10.1. The zero-order valence-electron chi connectivity index (χ0n) is 10.5. The lowest BCUT2D eigenvalue weighted by Gasteiger charge is -2.22. The van der Waals surface area contributed by atoms with Gasteiger partial charge < -0.3 is 15.2 Å². The second-order valence-electron chi connectivity index (χ2n) is 4.24. The van der Waals surface area contributed by atoms with Gasteiger partial charge in [-0.15, -0.1) is 0 Å². The summed E-state index contributed by atoms with van der Waals surface area (Å²) in [6.45, 7) is 4.01. The summed E-state index contributed by atoms with van der Waals surface area (Å²) in [7, 11) is 1.59. The van der Waals surface area contributed by atoms with E-state index in [9.17, 15) is 10.1 Å². The molecule has 0 fully saturated rings. The van der Waals surface area contributed by atoms with Crippen LogP contribution < -0.4 is 10.5 Å². The SMILES string of the molecule is COC(C)(C)CCOc1nc(N)ncc1[N+](=O)[O-]. The monoisotopic (exact) mass is 256 g/mol. The summed E-state index contributed by atoms with van der Waals surface area (Å²) in [6, 6.07) is 0. The standard InChI is InChI=1S/C10H16N4O4/c1-10(2,17-3)4-5-18-8-7(14(15)16)6-12-9(11)13-8/h6H,4-5H2,1-3H3,(H2,11,12,13). The minimum absolute atomic E-state index is 0.0680. The van der Waals surface area contributed by atoms with Gasteiger partial charge in [-0.3, -0.25) is 10.1 Å². The van der Waals surface area contributed by atoms with Gasteiger partial charge in [-0.1, -0.05) is 0 Å². The number of hydrogen-bond acceptors (Lipinski definition) is 7. The summed E-state index contributed by atoms with van der Waals surface area (Å²) in [6.07, 6.45) is 1.59. The van der Waals surface area contributed by atoms with Crippen molar-refractivity contribution in [3.05, 3.63) is 16.3 Å². The Morgan fingerprint density at radius 3 is 2.78 bits per heavy atom. The third-order valence-corrected chi connectivity index (χ3v) is 2.45. The highest BCUT2D eigenvalue weighted by Crippen LogP contribution is 2.24. The lowest BCUT2D eigenvalue weighted by molar-refractivity contribution is -0.386. The molecule has 0 atom stereocenters. The maximum Gasteiger partial charge on any atom is 0.349 e. The smallest absolute Gasteiger partial charge is 0.349 e. The first-order valence-corrected chi connectivity index (χ1v) is 5.30. The summed E-state index contributed by atoms with van der Waals surface area (Å²) in [4.78, 5) is 17.4. The molecule has 1 rings (SSSR count). The molecular weight excluding hydrogens is 240 g/mol. The predicted octanol–water partition coefficient (Wildman–Crippen LogP) is 1.16. The highest BCUT2D eigenvalue weighted by atomic mass is 16.6. The highest BCUT2D eigenvalue weighted by Gasteiger charge is 2.21. The molecule has 1 aromatic rings. The van der Waals surface area contributed by atoms with E-state index in [4.69, 9.17) is 15.2 Å². The first-order valence-electron chi connectivity index (χ1n) is 5.30. The number of nitrogens with two attached hydrogens (primary N) is 1. The van der Waals surface area contributed by atoms with E-state index in [1.54, 1.807) is 7.11 Å². The number of methoxy groups -OCH3 is 1. The minimum atomic E-state index is -0.615. The van der Waals surface area contributed by atoms with Gasteiger partial charge in [0.25, 0.3) is 5.88 Å². The van der Waals surface area contributed by atoms with Gasteiger partial charge in [0.1, 0.15) is 6.20 Å². The molecule has 0 spiro atoms. The van der Waals surface area contributed by atoms with Crippen LogP contribution in [-0.4, -0.2) is 34.2 Å². The van der Waals surface area contributed by atoms with Crippen LogP contribution in [0.1, 0.15) is 20.3 Å². The van der Waals surface area contributed by atoms with Crippen LogP contribution in [0.4, 0.5) is 11.6 Å². The van der Waals surface area contributed by atoms with E-state index >= 15 is 0 Å². The van der Waals surface area contributed by atoms with Crippen molar-refractivity contribution in [2.75, 3.05) is 19.5 Å². The van der Waals surface area contributed by atoms with Gasteiger partial charge in [-0.25, -0.2) is 4.98 Å². The van der Waals surface area contributed by atoms with Gasteiger partial charge in [0.15, 0.2) is 0 Å². The fraction of sp³-hybridized carbons (Fsp3) is 0.600. The molecule has 0 saturated heterocycles. The van der Waals surface area contributed by atoms with Crippen molar-refractivity contribution in [1.29, 1.82) is 0 Å². The van der Waals surface area contributed by atoms with Gasteiger partial charge in [0.05, 0.1) is 17.1 Å². The van der Waals surface area contributed by atoms with Crippen LogP contribution in [0, 0.1) is 10.1 Å². The normalized spacial score (nSPS) is 11.3. The average Bonchev–Trinajstić information content (AvgIpc) is 2.28. The fourth-order valence-electron chi connectivity index (χ4n) is 1.10. The fourth-order valence-corrected chi connectivity index (χ4v) is 1.10. The number of ether oxygens (including phenoxy) is 2. The number of rotatable bonds is 6. The van der Waals surface area contributed by atoms with E-state index in [1.807, 2.05) is 13.8 Å².